The highest BCUT2D eigenvalue weighted by atomic mass is 19.1. The minimum absolute atomic E-state index is 0.00556. The summed E-state index contributed by atoms with van der Waals surface area (Å²) >= 11 is 0. The number of piperidine rings is 1. The molecule has 158 valence electrons. The summed E-state index contributed by atoms with van der Waals surface area (Å²) in [6.07, 6.45) is 4.41. The van der Waals surface area contributed by atoms with Crippen LogP contribution in [0, 0.1) is 11.7 Å². The highest BCUT2D eigenvalue weighted by molar-refractivity contribution is 5.88. The number of amides is 3. The molecule has 1 aromatic rings. The number of nitrogens with zero attached hydrogens (tertiary/aromatic N) is 2. The van der Waals surface area contributed by atoms with Gasteiger partial charge in [0.25, 0.3) is 0 Å². The first-order valence-electron chi connectivity index (χ1n) is 10.5. The molecule has 29 heavy (non-hydrogen) atoms. The van der Waals surface area contributed by atoms with Crippen LogP contribution in [0.15, 0.2) is 24.3 Å². The molecule has 0 bridgehead atoms. The second-order valence-corrected chi connectivity index (χ2v) is 8.08. The van der Waals surface area contributed by atoms with Gasteiger partial charge in [0.05, 0.1) is 0 Å². The summed E-state index contributed by atoms with van der Waals surface area (Å²) in [6.45, 7) is 4.28. The van der Waals surface area contributed by atoms with Gasteiger partial charge in [0, 0.05) is 39.0 Å². The number of carbonyl (C=O) groups is 3. The highest BCUT2D eigenvalue weighted by Crippen LogP contribution is 2.24. The molecule has 0 aromatic heterocycles. The first-order valence-corrected chi connectivity index (χ1v) is 10.5. The van der Waals surface area contributed by atoms with Crippen LogP contribution in [-0.2, 0) is 20.9 Å². The number of nitrogens with one attached hydrogen (secondary N) is 1. The monoisotopic (exact) mass is 403 g/mol. The van der Waals surface area contributed by atoms with Crippen molar-refractivity contribution in [3.05, 3.63) is 35.6 Å². The van der Waals surface area contributed by atoms with E-state index in [9.17, 15) is 18.8 Å². The average molecular weight is 403 g/mol. The minimum atomic E-state index is -0.376. The fourth-order valence-electron chi connectivity index (χ4n) is 4.14. The number of hydrogen-bond donors (Lipinski definition) is 1. The largest absolute Gasteiger partial charge is 0.352 e. The second kappa shape index (κ2) is 9.85. The lowest BCUT2D eigenvalue weighted by atomic mass is 9.91. The van der Waals surface area contributed by atoms with Crippen molar-refractivity contribution in [3.8, 4) is 0 Å². The third kappa shape index (κ3) is 5.78. The van der Waals surface area contributed by atoms with Gasteiger partial charge < -0.3 is 15.1 Å². The van der Waals surface area contributed by atoms with Crippen LogP contribution in [0.4, 0.5) is 4.39 Å². The van der Waals surface area contributed by atoms with Crippen LogP contribution in [0.2, 0.25) is 0 Å². The Kier molecular flexibility index (Phi) is 7.23. The first-order chi connectivity index (χ1) is 13.9. The van der Waals surface area contributed by atoms with Crippen molar-refractivity contribution in [3.63, 3.8) is 0 Å². The third-order valence-electron chi connectivity index (χ3n) is 6.04. The van der Waals surface area contributed by atoms with Crippen molar-refractivity contribution >= 4 is 17.7 Å². The molecular formula is C22H30FN3O3. The summed E-state index contributed by atoms with van der Waals surface area (Å²) in [6, 6.07) is 5.73. The number of rotatable bonds is 7. The van der Waals surface area contributed by atoms with Crippen LogP contribution in [0.5, 0.6) is 0 Å². The fourth-order valence-corrected chi connectivity index (χ4v) is 4.14. The van der Waals surface area contributed by atoms with Crippen molar-refractivity contribution in [2.75, 3.05) is 19.6 Å². The Hall–Kier alpha value is -2.44. The molecule has 0 spiro atoms. The van der Waals surface area contributed by atoms with Gasteiger partial charge in [-0.05, 0) is 56.2 Å². The molecule has 0 radical (unpaired) electrons. The summed E-state index contributed by atoms with van der Waals surface area (Å²) in [5.74, 6) is 0.253. The molecule has 6 nitrogen and oxygen atoms in total. The van der Waals surface area contributed by atoms with Crippen molar-refractivity contribution in [2.45, 2.75) is 58.0 Å². The van der Waals surface area contributed by atoms with Gasteiger partial charge in [-0.15, -0.1) is 0 Å². The van der Waals surface area contributed by atoms with E-state index in [2.05, 4.69) is 5.32 Å². The molecule has 3 amide bonds. The maximum Gasteiger partial charge on any atom is 0.245 e. The van der Waals surface area contributed by atoms with E-state index < -0.39 is 0 Å². The molecular weight excluding hydrogens is 373 g/mol. The molecule has 1 unspecified atom stereocenters. The lowest BCUT2D eigenvalue weighted by Gasteiger charge is -2.35. The van der Waals surface area contributed by atoms with Gasteiger partial charge in [0.15, 0.2) is 0 Å². The zero-order chi connectivity index (χ0) is 20.8. The van der Waals surface area contributed by atoms with E-state index in [1.54, 1.807) is 17.0 Å². The molecule has 2 fully saturated rings. The summed E-state index contributed by atoms with van der Waals surface area (Å²) < 4.78 is 12.9. The summed E-state index contributed by atoms with van der Waals surface area (Å²) in [4.78, 5) is 40.2. The van der Waals surface area contributed by atoms with E-state index in [4.69, 9.17) is 0 Å². The quantitative estimate of drug-likeness (QED) is 0.760. The van der Waals surface area contributed by atoms with Gasteiger partial charge in [-0.3, -0.25) is 14.4 Å². The molecule has 1 N–H and O–H groups in total. The minimum Gasteiger partial charge on any atom is -0.352 e. The first kappa shape index (κ1) is 21.3. The second-order valence-electron chi connectivity index (χ2n) is 8.08. The average Bonchev–Trinajstić information content (AvgIpc) is 3.17. The van der Waals surface area contributed by atoms with Crippen molar-refractivity contribution < 1.29 is 18.8 Å². The number of benzene rings is 1. The lowest BCUT2D eigenvalue weighted by molar-refractivity contribution is -0.143. The van der Waals surface area contributed by atoms with E-state index in [-0.39, 0.29) is 29.6 Å². The molecule has 3 rings (SSSR count). The lowest BCUT2D eigenvalue weighted by Crippen LogP contribution is -2.49. The van der Waals surface area contributed by atoms with Crippen molar-refractivity contribution in [2.24, 2.45) is 5.92 Å². The summed E-state index contributed by atoms with van der Waals surface area (Å²) in [7, 11) is 0. The Morgan fingerprint density at radius 3 is 2.48 bits per heavy atom. The zero-order valence-corrected chi connectivity index (χ0v) is 17.0. The normalized spacial score (nSPS) is 18.8. The van der Waals surface area contributed by atoms with Crippen LogP contribution in [0.25, 0.3) is 0 Å². The zero-order valence-electron chi connectivity index (χ0n) is 17.0. The van der Waals surface area contributed by atoms with Gasteiger partial charge in [-0.25, -0.2) is 4.39 Å². The van der Waals surface area contributed by atoms with Crippen LogP contribution in [-0.4, -0.2) is 53.2 Å². The Morgan fingerprint density at radius 2 is 1.86 bits per heavy atom. The van der Waals surface area contributed by atoms with Crippen molar-refractivity contribution in [1.82, 2.24) is 15.1 Å². The molecule has 2 heterocycles. The molecule has 2 aliphatic heterocycles. The Bertz CT molecular complexity index is 729. The van der Waals surface area contributed by atoms with Crippen LogP contribution < -0.4 is 5.32 Å². The molecule has 0 saturated carbocycles. The SMILES string of the molecule is CC(C(=O)N1CCC(CCC(=O)NCc2ccc(F)cc2)CC1)N1CCCC1=O. The van der Waals surface area contributed by atoms with Crippen LogP contribution in [0.3, 0.4) is 0 Å². The topological polar surface area (TPSA) is 69.7 Å². The van der Waals surface area contributed by atoms with E-state index in [1.807, 2.05) is 11.8 Å². The van der Waals surface area contributed by atoms with E-state index >= 15 is 0 Å². The summed E-state index contributed by atoms with van der Waals surface area (Å²) in [5, 5.41) is 2.87. The highest BCUT2D eigenvalue weighted by Gasteiger charge is 2.33. The summed E-state index contributed by atoms with van der Waals surface area (Å²) in [5.41, 5.74) is 0.872. The molecule has 0 aliphatic carbocycles. The van der Waals surface area contributed by atoms with Crippen LogP contribution in [0.1, 0.15) is 51.0 Å². The number of halogens is 1. The predicted octanol–water partition coefficient (Wildman–Crippen LogP) is 2.47. The Morgan fingerprint density at radius 1 is 1.17 bits per heavy atom. The fraction of sp³-hybridized carbons (Fsp3) is 0.591. The predicted molar refractivity (Wildman–Crippen MR) is 107 cm³/mol. The third-order valence-corrected chi connectivity index (χ3v) is 6.04. The Labute approximate surface area is 171 Å². The standard InChI is InChI=1S/C22H30FN3O3/c1-16(26-12-2-3-21(26)28)22(29)25-13-10-17(11-14-25)6-9-20(27)24-15-18-4-7-19(23)8-5-18/h4-5,7-8,16-17H,2-3,6,9-15H2,1H3,(H,24,27). The molecule has 1 aromatic carbocycles. The molecule has 2 saturated heterocycles. The van der Waals surface area contributed by atoms with Gasteiger partial charge in [-0.1, -0.05) is 12.1 Å². The van der Waals surface area contributed by atoms with Gasteiger partial charge in [0.1, 0.15) is 11.9 Å². The van der Waals surface area contributed by atoms with E-state index in [0.717, 1.165) is 31.2 Å². The number of likely N-dealkylation sites (tertiary alicyclic amines) is 2. The van der Waals surface area contributed by atoms with Crippen molar-refractivity contribution in [1.29, 1.82) is 0 Å². The number of hydrogen-bond acceptors (Lipinski definition) is 3. The maximum atomic E-state index is 12.9. The maximum absolute atomic E-state index is 12.9. The van der Waals surface area contributed by atoms with Gasteiger partial charge in [-0.2, -0.15) is 0 Å². The number of carbonyl (C=O) groups excluding carboxylic acids is 3. The molecule has 2 aliphatic rings. The van der Waals surface area contributed by atoms with Crippen LogP contribution >= 0.6 is 0 Å². The van der Waals surface area contributed by atoms with Gasteiger partial charge in [0.2, 0.25) is 17.7 Å². The smallest absolute Gasteiger partial charge is 0.245 e. The molecule has 7 heteroatoms. The van der Waals surface area contributed by atoms with Gasteiger partial charge >= 0.3 is 0 Å². The van der Waals surface area contributed by atoms with E-state index in [0.29, 0.717) is 44.9 Å². The van der Waals surface area contributed by atoms with E-state index in [1.165, 1.54) is 12.1 Å². The molecule has 1 atom stereocenters. The Balaban J connectivity index is 1.35.